The van der Waals surface area contributed by atoms with E-state index in [0.717, 1.165) is 17.7 Å². The second-order valence-corrected chi connectivity index (χ2v) is 5.17. The Hall–Kier alpha value is -2.37. The fraction of sp³-hybridized carbons (Fsp3) is 0.357. The zero-order chi connectivity index (χ0) is 14.3. The number of rotatable bonds is 1. The Morgan fingerprint density at radius 3 is 2.75 bits per heavy atom. The van der Waals surface area contributed by atoms with E-state index in [0.29, 0.717) is 0 Å². The van der Waals surface area contributed by atoms with E-state index in [1.807, 2.05) is 31.2 Å². The summed E-state index contributed by atoms with van der Waals surface area (Å²) in [7, 11) is 0. The number of benzene rings is 1. The van der Waals surface area contributed by atoms with E-state index < -0.39 is 18.0 Å². The molecule has 2 N–H and O–H groups in total. The van der Waals surface area contributed by atoms with Crippen molar-refractivity contribution in [3.63, 3.8) is 0 Å². The van der Waals surface area contributed by atoms with Crippen LogP contribution in [0.3, 0.4) is 0 Å². The third kappa shape index (κ3) is 2.03. The van der Waals surface area contributed by atoms with E-state index in [2.05, 4.69) is 10.6 Å². The first-order valence-electron chi connectivity index (χ1n) is 6.57. The lowest BCUT2D eigenvalue weighted by atomic mass is 10.1. The Bertz CT molecular complexity index is 583. The number of carbonyl (C=O) groups is 3. The number of nitrogens with one attached hydrogen (secondary N) is 2. The molecule has 104 valence electrons. The molecular weight excluding hydrogens is 258 g/mol. The molecule has 1 fully saturated rings. The number of hydrogen-bond acceptors (Lipinski definition) is 3. The highest BCUT2D eigenvalue weighted by Gasteiger charge is 2.38. The monoisotopic (exact) mass is 273 g/mol. The van der Waals surface area contributed by atoms with Crippen LogP contribution in [-0.4, -0.2) is 29.9 Å². The highest BCUT2D eigenvalue weighted by molar-refractivity contribution is 6.07. The molecule has 0 radical (unpaired) electrons. The summed E-state index contributed by atoms with van der Waals surface area (Å²) in [5.41, 5.74) is 1.98. The Kier molecular flexibility index (Phi) is 2.93. The number of urea groups is 1. The smallest absolute Gasteiger partial charge is 0.322 e. The van der Waals surface area contributed by atoms with Gasteiger partial charge in [-0.2, -0.15) is 0 Å². The lowest BCUT2D eigenvalue weighted by Gasteiger charge is -2.29. The van der Waals surface area contributed by atoms with Crippen molar-refractivity contribution in [2.75, 3.05) is 4.90 Å². The summed E-state index contributed by atoms with van der Waals surface area (Å²) in [4.78, 5) is 37.0. The Balaban J connectivity index is 1.87. The number of amides is 4. The molecule has 6 nitrogen and oxygen atoms in total. The van der Waals surface area contributed by atoms with Gasteiger partial charge in [-0.3, -0.25) is 14.9 Å². The fourth-order valence-corrected chi connectivity index (χ4v) is 2.83. The van der Waals surface area contributed by atoms with Gasteiger partial charge in [-0.15, -0.1) is 0 Å². The van der Waals surface area contributed by atoms with Crippen molar-refractivity contribution in [1.29, 1.82) is 0 Å². The lowest BCUT2D eigenvalue weighted by molar-refractivity contribution is -0.127. The molecule has 1 saturated heterocycles. The third-order valence-electron chi connectivity index (χ3n) is 3.69. The van der Waals surface area contributed by atoms with Gasteiger partial charge in [-0.25, -0.2) is 4.79 Å². The highest BCUT2D eigenvalue weighted by atomic mass is 16.2. The number of imide groups is 1. The van der Waals surface area contributed by atoms with Gasteiger partial charge in [-0.05, 0) is 25.0 Å². The van der Waals surface area contributed by atoms with Crippen LogP contribution in [0.25, 0.3) is 0 Å². The van der Waals surface area contributed by atoms with Gasteiger partial charge in [0.1, 0.15) is 6.04 Å². The van der Waals surface area contributed by atoms with Crippen molar-refractivity contribution in [3.05, 3.63) is 29.8 Å². The zero-order valence-electron chi connectivity index (χ0n) is 11.1. The van der Waals surface area contributed by atoms with Crippen LogP contribution in [0.1, 0.15) is 18.9 Å². The first kappa shape index (κ1) is 12.7. The molecule has 0 spiro atoms. The van der Waals surface area contributed by atoms with Crippen molar-refractivity contribution in [3.8, 4) is 0 Å². The molecule has 2 aliphatic rings. The summed E-state index contributed by atoms with van der Waals surface area (Å²) in [6, 6.07) is 6.33. The molecule has 4 amide bonds. The average molecular weight is 273 g/mol. The van der Waals surface area contributed by atoms with Gasteiger partial charge in [0.25, 0.3) is 0 Å². The van der Waals surface area contributed by atoms with Gasteiger partial charge in [0, 0.05) is 11.7 Å². The molecule has 0 saturated carbocycles. The number of hydrogen-bond donors (Lipinski definition) is 2. The molecule has 1 aromatic carbocycles. The quantitative estimate of drug-likeness (QED) is 0.785. The van der Waals surface area contributed by atoms with Crippen molar-refractivity contribution in [1.82, 2.24) is 10.6 Å². The normalized spacial score (nSPS) is 24.9. The third-order valence-corrected chi connectivity index (χ3v) is 3.69. The van der Waals surface area contributed by atoms with E-state index in [4.69, 9.17) is 0 Å². The summed E-state index contributed by atoms with van der Waals surface area (Å²) < 4.78 is 0. The molecule has 2 atom stereocenters. The number of fused-ring (bicyclic) bond motifs is 1. The van der Waals surface area contributed by atoms with Crippen LogP contribution in [0.5, 0.6) is 0 Å². The van der Waals surface area contributed by atoms with Gasteiger partial charge in [-0.1, -0.05) is 18.2 Å². The SMILES string of the molecule is CC1Cc2ccccc2N1C(=O)[C@@H]1CC(=O)NC(=O)N1. The first-order chi connectivity index (χ1) is 9.56. The number of anilines is 1. The predicted octanol–water partition coefficient (Wildman–Crippen LogP) is 0.562. The van der Waals surface area contributed by atoms with Gasteiger partial charge < -0.3 is 10.2 Å². The van der Waals surface area contributed by atoms with Crippen LogP contribution in [0.2, 0.25) is 0 Å². The summed E-state index contributed by atoms with van der Waals surface area (Å²) >= 11 is 0. The van der Waals surface area contributed by atoms with Gasteiger partial charge >= 0.3 is 6.03 Å². The van der Waals surface area contributed by atoms with Crippen LogP contribution in [0, 0.1) is 0 Å². The van der Waals surface area contributed by atoms with E-state index >= 15 is 0 Å². The second kappa shape index (κ2) is 4.63. The van der Waals surface area contributed by atoms with E-state index in [-0.39, 0.29) is 18.4 Å². The van der Waals surface area contributed by atoms with Crippen LogP contribution in [0.15, 0.2) is 24.3 Å². The second-order valence-electron chi connectivity index (χ2n) is 5.17. The van der Waals surface area contributed by atoms with Gasteiger partial charge in [0.05, 0.1) is 6.42 Å². The van der Waals surface area contributed by atoms with Crippen LogP contribution < -0.4 is 15.5 Å². The first-order valence-corrected chi connectivity index (χ1v) is 6.57. The Morgan fingerprint density at radius 2 is 2.00 bits per heavy atom. The molecule has 2 aliphatic heterocycles. The minimum absolute atomic E-state index is 0.0179. The number of nitrogens with zero attached hydrogens (tertiary/aromatic N) is 1. The number of carbonyl (C=O) groups excluding carboxylic acids is 3. The maximum absolute atomic E-state index is 12.6. The molecule has 20 heavy (non-hydrogen) atoms. The largest absolute Gasteiger partial charge is 0.325 e. The maximum Gasteiger partial charge on any atom is 0.322 e. The van der Waals surface area contributed by atoms with Gasteiger partial charge in [0.15, 0.2) is 0 Å². The van der Waals surface area contributed by atoms with Crippen LogP contribution >= 0.6 is 0 Å². The molecule has 0 aromatic heterocycles. The summed E-state index contributed by atoms with van der Waals surface area (Å²) in [5.74, 6) is -0.655. The standard InChI is InChI=1S/C14H15N3O3/c1-8-6-9-4-2-3-5-11(9)17(8)13(19)10-7-12(18)16-14(20)15-10/h2-5,8,10H,6-7H2,1H3,(H2,15,16,18,20)/t8?,10-/m0/s1. The molecule has 0 aliphatic carbocycles. The summed E-state index contributed by atoms with van der Waals surface area (Å²) in [5, 5.41) is 4.64. The van der Waals surface area contributed by atoms with Crippen LogP contribution in [0.4, 0.5) is 10.5 Å². The molecule has 2 heterocycles. The van der Waals surface area contributed by atoms with Crippen molar-refractivity contribution in [2.45, 2.75) is 31.8 Å². The molecule has 6 heteroatoms. The molecular formula is C14H15N3O3. The zero-order valence-corrected chi connectivity index (χ0v) is 11.1. The fourth-order valence-electron chi connectivity index (χ4n) is 2.83. The molecule has 1 aromatic rings. The van der Waals surface area contributed by atoms with Crippen LogP contribution in [-0.2, 0) is 16.0 Å². The minimum atomic E-state index is -0.787. The lowest BCUT2D eigenvalue weighted by Crippen LogP contribution is -2.59. The topological polar surface area (TPSA) is 78.5 Å². The van der Waals surface area contributed by atoms with E-state index in [1.165, 1.54) is 0 Å². The van der Waals surface area contributed by atoms with Crippen molar-refractivity contribution >= 4 is 23.5 Å². The van der Waals surface area contributed by atoms with E-state index in [9.17, 15) is 14.4 Å². The molecule has 0 bridgehead atoms. The number of para-hydroxylation sites is 1. The van der Waals surface area contributed by atoms with E-state index in [1.54, 1.807) is 4.90 Å². The Morgan fingerprint density at radius 1 is 1.25 bits per heavy atom. The summed E-state index contributed by atoms with van der Waals surface area (Å²) in [6.45, 7) is 1.96. The maximum atomic E-state index is 12.6. The highest BCUT2D eigenvalue weighted by Crippen LogP contribution is 2.32. The Labute approximate surface area is 116 Å². The van der Waals surface area contributed by atoms with Crippen molar-refractivity contribution in [2.24, 2.45) is 0 Å². The summed E-state index contributed by atoms with van der Waals surface area (Å²) in [6.07, 6.45) is 0.769. The van der Waals surface area contributed by atoms with Gasteiger partial charge in [0.2, 0.25) is 11.8 Å². The molecule has 3 rings (SSSR count). The van der Waals surface area contributed by atoms with Crippen molar-refractivity contribution < 1.29 is 14.4 Å². The predicted molar refractivity (Wildman–Crippen MR) is 72.2 cm³/mol. The minimum Gasteiger partial charge on any atom is -0.325 e. The molecule has 1 unspecified atom stereocenters. The average Bonchev–Trinajstić information content (AvgIpc) is 2.72.